The molecule has 0 saturated heterocycles. The van der Waals surface area contributed by atoms with E-state index in [9.17, 15) is 0 Å². The van der Waals surface area contributed by atoms with Crippen molar-refractivity contribution in [2.45, 2.75) is 39.7 Å². The molecule has 102 valence electrons. The highest BCUT2D eigenvalue weighted by Crippen LogP contribution is 2.15. The van der Waals surface area contributed by atoms with Gasteiger partial charge in [-0.25, -0.2) is 0 Å². The van der Waals surface area contributed by atoms with E-state index in [1.165, 1.54) is 29.7 Å². The zero-order chi connectivity index (χ0) is 13.4. The van der Waals surface area contributed by atoms with Crippen LogP contribution in [0.5, 0.6) is 0 Å². The number of rotatable bonds is 8. The minimum Gasteiger partial charge on any atom is -0.314 e. The van der Waals surface area contributed by atoms with Crippen molar-refractivity contribution in [2.24, 2.45) is 5.92 Å². The summed E-state index contributed by atoms with van der Waals surface area (Å²) in [6.07, 6.45) is 4.69. The van der Waals surface area contributed by atoms with Crippen LogP contribution in [0.4, 0.5) is 0 Å². The van der Waals surface area contributed by atoms with Crippen molar-refractivity contribution >= 4 is 11.8 Å². The highest BCUT2D eigenvalue weighted by molar-refractivity contribution is 7.98. The van der Waals surface area contributed by atoms with Gasteiger partial charge >= 0.3 is 0 Å². The van der Waals surface area contributed by atoms with Gasteiger partial charge in [-0.15, -0.1) is 0 Å². The molecule has 1 atom stereocenters. The number of aryl methyl sites for hydroxylation is 1. The number of thioether (sulfide) groups is 1. The molecule has 0 fully saturated rings. The highest BCUT2D eigenvalue weighted by Gasteiger charge is 2.10. The monoisotopic (exact) mass is 265 g/mol. The van der Waals surface area contributed by atoms with Crippen LogP contribution in [0.15, 0.2) is 24.3 Å². The summed E-state index contributed by atoms with van der Waals surface area (Å²) in [6.45, 7) is 7.72. The Labute approximate surface area is 117 Å². The first-order valence-electron chi connectivity index (χ1n) is 6.89. The van der Waals surface area contributed by atoms with Crippen molar-refractivity contribution < 1.29 is 0 Å². The standard InChI is InChI=1S/C16H27NS/c1-13(2)17-12-16(9-10-18-4)11-15-7-5-14(3)6-8-15/h5-8,13,16-17H,9-12H2,1-4H3. The Hall–Kier alpha value is -0.470. The summed E-state index contributed by atoms with van der Waals surface area (Å²) in [4.78, 5) is 0. The minimum absolute atomic E-state index is 0.583. The van der Waals surface area contributed by atoms with E-state index in [4.69, 9.17) is 0 Å². The molecule has 1 N–H and O–H groups in total. The Morgan fingerprint density at radius 3 is 2.39 bits per heavy atom. The summed E-state index contributed by atoms with van der Waals surface area (Å²) in [5, 5.41) is 3.58. The molecular formula is C16H27NS. The molecule has 0 heterocycles. The lowest BCUT2D eigenvalue weighted by Crippen LogP contribution is -2.30. The van der Waals surface area contributed by atoms with Gasteiger partial charge in [-0.3, -0.25) is 0 Å². The first kappa shape index (κ1) is 15.6. The number of nitrogens with one attached hydrogen (secondary N) is 1. The van der Waals surface area contributed by atoms with Crippen LogP contribution in [0.25, 0.3) is 0 Å². The molecule has 0 aromatic heterocycles. The molecule has 0 bridgehead atoms. The van der Waals surface area contributed by atoms with Crippen molar-refractivity contribution in [3.63, 3.8) is 0 Å². The predicted octanol–water partition coefficient (Wildman–Crippen LogP) is 3.90. The van der Waals surface area contributed by atoms with Gasteiger partial charge in [0.15, 0.2) is 0 Å². The molecule has 2 heteroatoms. The summed E-state index contributed by atoms with van der Waals surface area (Å²) in [6, 6.07) is 9.57. The van der Waals surface area contributed by atoms with Crippen molar-refractivity contribution in [2.75, 3.05) is 18.6 Å². The van der Waals surface area contributed by atoms with E-state index in [1.54, 1.807) is 0 Å². The molecule has 1 unspecified atom stereocenters. The topological polar surface area (TPSA) is 12.0 Å². The van der Waals surface area contributed by atoms with Gasteiger partial charge in [0.05, 0.1) is 0 Å². The molecule has 0 spiro atoms. The molecule has 0 aliphatic carbocycles. The van der Waals surface area contributed by atoms with Gasteiger partial charge in [0.2, 0.25) is 0 Å². The van der Waals surface area contributed by atoms with E-state index in [0.717, 1.165) is 12.5 Å². The lowest BCUT2D eigenvalue weighted by molar-refractivity contribution is 0.438. The molecule has 0 amide bonds. The van der Waals surface area contributed by atoms with Crippen molar-refractivity contribution in [1.82, 2.24) is 5.32 Å². The lowest BCUT2D eigenvalue weighted by atomic mass is 9.96. The van der Waals surface area contributed by atoms with E-state index < -0.39 is 0 Å². The van der Waals surface area contributed by atoms with Gasteiger partial charge in [0, 0.05) is 6.04 Å². The third kappa shape index (κ3) is 6.46. The number of benzene rings is 1. The maximum absolute atomic E-state index is 3.58. The third-order valence-electron chi connectivity index (χ3n) is 3.19. The Bertz CT molecular complexity index is 318. The largest absolute Gasteiger partial charge is 0.314 e. The third-order valence-corrected chi connectivity index (χ3v) is 3.83. The zero-order valence-electron chi connectivity index (χ0n) is 12.2. The van der Waals surface area contributed by atoms with Crippen LogP contribution in [0.3, 0.4) is 0 Å². The maximum Gasteiger partial charge on any atom is 0.00104 e. The van der Waals surface area contributed by atoms with Crippen LogP contribution in [0.1, 0.15) is 31.4 Å². The van der Waals surface area contributed by atoms with Crippen LogP contribution in [0, 0.1) is 12.8 Å². The van der Waals surface area contributed by atoms with E-state index in [2.05, 4.69) is 56.6 Å². The Kier molecular flexibility index (Phi) is 7.45. The lowest BCUT2D eigenvalue weighted by Gasteiger charge is -2.19. The Morgan fingerprint density at radius 2 is 1.83 bits per heavy atom. The molecule has 1 nitrogen and oxygen atoms in total. The molecule has 0 saturated carbocycles. The molecule has 1 rings (SSSR count). The van der Waals surface area contributed by atoms with E-state index in [1.807, 2.05) is 11.8 Å². The second kappa shape index (κ2) is 8.60. The second-order valence-electron chi connectivity index (χ2n) is 5.40. The summed E-state index contributed by atoms with van der Waals surface area (Å²) in [7, 11) is 0. The predicted molar refractivity (Wildman–Crippen MR) is 84.5 cm³/mol. The van der Waals surface area contributed by atoms with Gasteiger partial charge < -0.3 is 5.32 Å². The molecule has 1 aromatic carbocycles. The average Bonchev–Trinajstić information content (AvgIpc) is 2.35. The average molecular weight is 265 g/mol. The normalized spacial score (nSPS) is 12.9. The molecule has 0 radical (unpaired) electrons. The molecule has 0 aliphatic heterocycles. The minimum atomic E-state index is 0.583. The van der Waals surface area contributed by atoms with Crippen LogP contribution in [-0.2, 0) is 6.42 Å². The van der Waals surface area contributed by atoms with E-state index in [-0.39, 0.29) is 0 Å². The quantitative estimate of drug-likeness (QED) is 0.765. The Balaban J connectivity index is 2.50. The molecule has 0 aliphatic rings. The van der Waals surface area contributed by atoms with Gasteiger partial charge in [0.1, 0.15) is 0 Å². The summed E-state index contributed by atoms with van der Waals surface area (Å²) < 4.78 is 0. The van der Waals surface area contributed by atoms with Gasteiger partial charge in [0.25, 0.3) is 0 Å². The summed E-state index contributed by atoms with van der Waals surface area (Å²) in [5.74, 6) is 2.01. The molecule has 18 heavy (non-hydrogen) atoms. The fraction of sp³-hybridized carbons (Fsp3) is 0.625. The van der Waals surface area contributed by atoms with Gasteiger partial charge in [-0.1, -0.05) is 43.7 Å². The smallest absolute Gasteiger partial charge is 0.00104 e. The van der Waals surface area contributed by atoms with Crippen LogP contribution >= 0.6 is 11.8 Å². The van der Waals surface area contributed by atoms with Crippen molar-refractivity contribution in [3.05, 3.63) is 35.4 Å². The molecule has 1 aromatic rings. The SMILES string of the molecule is CSCCC(CNC(C)C)Cc1ccc(C)cc1. The van der Waals surface area contributed by atoms with E-state index >= 15 is 0 Å². The van der Waals surface area contributed by atoms with Gasteiger partial charge in [-0.05, 0) is 49.8 Å². The second-order valence-corrected chi connectivity index (χ2v) is 6.39. The summed E-state index contributed by atoms with van der Waals surface area (Å²) in [5.41, 5.74) is 2.82. The zero-order valence-corrected chi connectivity index (χ0v) is 13.0. The van der Waals surface area contributed by atoms with Crippen LogP contribution < -0.4 is 5.32 Å². The van der Waals surface area contributed by atoms with Crippen LogP contribution in [0.2, 0.25) is 0 Å². The molecular weight excluding hydrogens is 238 g/mol. The summed E-state index contributed by atoms with van der Waals surface area (Å²) >= 11 is 1.95. The highest BCUT2D eigenvalue weighted by atomic mass is 32.2. The maximum atomic E-state index is 3.58. The first-order valence-corrected chi connectivity index (χ1v) is 8.29. The van der Waals surface area contributed by atoms with Crippen LogP contribution in [-0.4, -0.2) is 24.6 Å². The van der Waals surface area contributed by atoms with Crippen molar-refractivity contribution in [1.29, 1.82) is 0 Å². The Morgan fingerprint density at radius 1 is 1.17 bits per heavy atom. The fourth-order valence-corrected chi connectivity index (χ4v) is 2.59. The van der Waals surface area contributed by atoms with Gasteiger partial charge in [-0.2, -0.15) is 11.8 Å². The first-order chi connectivity index (χ1) is 8.61. The van der Waals surface area contributed by atoms with E-state index in [0.29, 0.717) is 6.04 Å². The number of hydrogen-bond donors (Lipinski definition) is 1. The fourth-order valence-electron chi connectivity index (χ4n) is 2.02. The number of hydrogen-bond acceptors (Lipinski definition) is 2. The van der Waals surface area contributed by atoms with Crippen molar-refractivity contribution in [3.8, 4) is 0 Å².